The third-order valence-electron chi connectivity index (χ3n) is 2.41. The van der Waals surface area contributed by atoms with Gasteiger partial charge >= 0.3 is 5.97 Å². The Labute approximate surface area is 116 Å². The summed E-state index contributed by atoms with van der Waals surface area (Å²) in [7, 11) is 0. The fourth-order valence-electron chi connectivity index (χ4n) is 1.53. The first-order chi connectivity index (χ1) is 9.20. The van der Waals surface area contributed by atoms with Gasteiger partial charge in [0.15, 0.2) is 0 Å². The van der Waals surface area contributed by atoms with E-state index in [2.05, 4.69) is 4.98 Å². The van der Waals surface area contributed by atoms with Crippen molar-refractivity contribution >= 4 is 23.4 Å². The number of esters is 1. The third-order valence-corrected chi connectivity index (χ3v) is 3.40. The van der Waals surface area contributed by atoms with Crippen LogP contribution in [0.2, 0.25) is 0 Å². The van der Waals surface area contributed by atoms with Gasteiger partial charge in [-0.15, -0.1) is 0 Å². The van der Waals surface area contributed by atoms with Crippen LogP contribution in [0, 0.1) is 0 Å². The molecule has 2 aromatic rings. The molecular formula is C14H14N2O2S. The van der Waals surface area contributed by atoms with Crippen LogP contribution in [0.3, 0.4) is 0 Å². The number of rotatable bonds is 4. The highest BCUT2D eigenvalue weighted by Crippen LogP contribution is 2.29. The van der Waals surface area contributed by atoms with Crippen molar-refractivity contribution in [1.29, 1.82) is 0 Å². The molecule has 2 N–H and O–H groups in total. The van der Waals surface area contributed by atoms with Crippen molar-refractivity contribution in [2.45, 2.75) is 16.7 Å². The number of hydrogen-bond donors (Lipinski definition) is 1. The summed E-state index contributed by atoms with van der Waals surface area (Å²) in [5.74, 6) is -0.392. The minimum atomic E-state index is -0.392. The molecule has 1 aromatic carbocycles. The predicted octanol–water partition coefficient (Wildman–Crippen LogP) is 2.99. The van der Waals surface area contributed by atoms with Gasteiger partial charge in [0.25, 0.3) is 0 Å². The Balaban J connectivity index is 2.23. The molecule has 0 aliphatic rings. The van der Waals surface area contributed by atoms with E-state index in [1.54, 1.807) is 43.2 Å². The van der Waals surface area contributed by atoms with Crippen LogP contribution in [-0.4, -0.2) is 17.6 Å². The van der Waals surface area contributed by atoms with Gasteiger partial charge in [-0.1, -0.05) is 11.8 Å². The van der Waals surface area contributed by atoms with E-state index >= 15 is 0 Å². The summed E-state index contributed by atoms with van der Waals surface area (Å²) in [6, 6.07) is 9.16. The van der Waals surface area contributed by atoms with E-state index in [4.69, 9.17) is 10.5 Å². The van der Waals surface area contributed by atoms with Gasteiger partial charge in [-0.2, -0.15) is 0 Å². The zero-order valence-electron chi connectivity index (χ0n) is 10.5. The van der Waals surface area contributed by atoms with Gasteiger partial charge < -0.3 is 10.5 Å². The van der Waals surface area contributed by atoms with Crippen LogP contribution in [0.5, 0.6) is 0 Å². The molecule has 0 amide bonds. The second kappa shape index (κ2) is 6.24. The van der Waals surface area contributed by atoms with Gasteiger partial charge in [-0.3, -0.25) is 4.98 Å². The van der Waals surface area contributed by atoms with E-state index in [0.29, 0.717) is 17.9 Å². The minimum Gasteiger partial charge on any atom is -0.462 e. The summed E-state index contributed by atoms with van der Waals surface area (Å²) in [4.78, 5) is 17.7. The maximum absolute atomic E-state index is 11.7. The van der Waals surface area contributed by atoms with Crippen molar-refractivity contribution in [1.82, 2.24) is 4.98 Å². The van der Waals surface area contributed by atoms with E-state index < -0.39 is 5.97 Å². The first-order valence-corrected chi connectivity index (χ1v) is 6.67. The number of aromatic nitrogens is 1. The molecule has 0 saturated heterocycles. The molecule has 0 aliphatic heterocycles. The van der Waals surface area contributed by atoms with Crippen molar-refractivity contribution in [2.24, 2.45) is 0 Å². The monoisotopic (exact) mass is 274 g/mol. The smallest absolute Gasteiger partial charge is 0.340 e. The van der Waals surface area contributed by atoms with Crippen LogP contribution in [0.1, 0.15) is 17.3 Å². The molecule has 0 atom stereocenters. The summed E-state index contributed by atoms with van der Waals surface area (Å²) >= 11 is 1.54. The van der Waals surface area contributed by atoms with E-state index in [-0.39, 0.29) is 0 Å². The lowest BCUT2D eigenvalue weighted by Gasteiger charge is -2.07. The fourth-order valence-corrected chi connectivity index (χ4v) is 2.37. The normalized spacial score (nSPS) is 10.2. The molecule has 0 fully saturated rings. The van der Waals surface area contributed by atoms with E-state index in [9.17, 15) is 4.79 Å². The molecule has 4 nitrogen and oxygen atoms in total. The van der Waals surface area contributed by atoms with Crippen LogP contribution in [0.4, 0.5) is 5.69 Å². The zero-order chi connectivity index (χ0) is 13.7. The summed E-state index contributed by atoms with van der Waals surface area (Å²) in [5, 5.41) is 0. The predicted molar refractivity (Wildman–Crippen MR) is 75.2 cm³/mol. The number of carbonyl (C=O) groups excluding carboxylic acids is 1. The molecule has 1 heterocycles. The maximum atomic E-state index is 11.7. The molecule has 0 aliphatic carbocycles. The first kappa shape index (κ1) is 13.4. The highest BCUT2D eigenvalue weighted by molar-refractivity contribution is 7.99. The Morgan fingerprint density at radius 3 is 2.68 bits per heavy atom. The molecule has 0 bridgehead atoms. The molecule has 0 spiro atoms. The highest BCUT2D eigenvalue weighted by Gasteiger charge is 2.11. The number of benzene rings is 1. The third kappa shape index (κ3) is 3.48. The summed E-state index contributed by atoms with van der Waals surface area (Å²) in [6.45, 7) is 2.10. The van der Waals surface area contributed by atoms with Crippen LogP contribution in [0.25, 0.3) is 0 Å². The molecule has 0 saturated carbocycles. The Morgan fingerprint density at radius 2 is 2.00 bits per heavy atom. The largest absolute Gasteiger partial charge is 0.462 e. The molecule has 0 radical (unpaired) electrons. The van der Waals surface area contributed by atoms with Crippen molar-refractivity contribution in [2.75, 3.05) is 12.3 Å². The Hall–Kier alpha value is -2.01. The second-order valence-electron chi connectivity index (χ2n) is 3.75. The maximum Gasteiger partial charge on any atom is 0.340 e. The number of anilines is 1. The molecule has 2 rings (SSSR count). The second-order valence-corrected chi connectivity index (χ2v) is 4.90. The number of carbonyl (C=O) groups is 1. The van der Waals surface area contributed by atoms with Crippen LogP contribution in [0.15, 0.2) is 52.5 Å². The number of nitrogen functional groups attached to an aromatic ring is 1. The molecule has 98 valence electrons. The molecule has 19 heavy (non-hydrogen) atoms. The van der Waals surface area contributed by atoms with Crippen LogP contribution in [-0.2, 0) is 4.74 Å². The van der Waals surface area contributed by atoms with Crippen LogP contribution < -0.4 is 5.73 Å². The van der Waals surface area contributed by atoms with Crippen molar-refractivity contribution in [3.05, 3.63) is 48.3 Å². The van der Waals surface area contributed by atoms with E-state index in [0.717, 1.165) is 9.79 Å². The van der Waals surface area contributed by atoms with Gasteiger partial charge in [0, 0.05) is 27.9 Å². The molecule has 5 heteroatoms. The highest BCUT2D eigenvalue weighted by atomic mass is 32.2. The summed E-state index contributed by atoms with van der Waals surface area (Å²) in [5.41, 5.74) is 6.63. The topological polar surface area (TPSA) is 65.2 Å². The number of pyridine rings is 1. The van der Waals surface area contributed by atoms with Crippen molar-refractivity contribution in [3.63, 3.8) is 0 Å². The van der Waals surface area contributed by atoms with E-state index in [1.807, 2.05) is 18.2 Å². The van der Waals surface area contributed by atoms with Gasteiger partial charge in [0.2, 0.25) is 0 Å². The Bertz CT molecular complexity index is 573. The van der Waals surface area contributed by atoms with E-state index in [1.165, 1.54) is 0 Å². The number of nitrogens with zero attached hydrogens (tertiary/aromatic N) is 1. The first-order valence-electron chi connectivity index (χ1n) is 5.85. The zero-order valence-corrected chi connectivity index (χ0v) is 11.3. The lowest BCUT2D eigenvalue weighted by atomic mass is 10.2. The fraction of sp³-hybridized carbons (Fsp3) is 0.143. The van der Waals surface area contributed by atoms with Gasteiger partial charge in [0.05, 0.1) is 12.2 Å². The Morgan fingerprint density at radius 1 is 1.26 bits per heavy atom. The molecule has 1 aromatic heterocycles. The van der Waals surface area contributed by atoms with Gasteiger partial charge in [0.1, 0.15) is 0 Å². The SMILES string of the molecule is CCOC(=O)c1cc(Sc2ccncc2)ccc1N. The lowest BCUT2D eigenvalue weighted by Crippen LogP contribution is -2.07. The van der Waals surface area contributed by atoms with Crippen LogP contribution >= 0.6 is 11.8 Å². The van der Waals surface area contributed by atoms with Crippen molar-refractivity contribution in [3.8, 4) is 0 Å². The minimum absolute atomic E-state index is 0.333. The summed E-state index contributed by atoms with van der Waals surface area (Å²) in [6.07, 6.45) is 3.46. The Kier molecular flexibility index (Phi) is 4.41. The molecule has 0 unspecified atom stereocenters. The average Bonchev–Trinajstić information content (AvgIpc) is 2.42. The number of ether oxygens (including phenoxy) is 1. The standard InChI is InChI=1S/C14H14N2O2S/c1-2-18-14(17)12-9-11(3-4-13(12)15)19-10-5-7-16-8-6-10/h3-9H,2,15H2,1H3. The van der Waals surface area contributed by atoms with Gasteiger partial charge in [-0.25, -0.2) is 4.79 Å². The number of hydrogen-bond acceptors (Lipinski definition) is 5. The average molecular weight is 274 g/mol. The van der Waals surface area contributed by atoms with Gasteiger partial charge in [-0.05, 0) is 37.3 Å². The number of nitrogens with two attached hydrogens (primary N) is 1. The van der Waals surface area contributed by atoms with Crippen molar-refractivity contribution < 1.29 is 9.53 Å². The quantitative estimate of drug-likeness (QED) is 0.686. The summed E-state index contributed by atoms with van der Waals surface area (Å²) < 4.78 is 4.98. The molecular weight excluding hydrogens is 260 g/mol. The lowest BCUT2D eigenvalue weighted by molar-refractivity contribution is 0.0527.